The molecule has 1 aromatic heterocycles. The third-order valence-electron chi connectivity index (χ3n) is 6.71. The van der Waals surface area contributed by atoms with Crippen LogP contribution in [0.25, 0.3) is 11.0 Å². The fourth-order valence-electron chi connectivity index (χ4n) is 4.53. The first-order chi connectivity index (χ1) is 17.4. The van der Waals surface area contributed by atoms with E-state index in [1.807, 2.05) is 44.3 Å². The molecule has 3 aromatic rings. The summed E-state index contributed by atoms with van der Waals surface area (Å²) in [5, 5.41) is 6.04. The molecule has 1 unspecified atom stereocenters. The number of carbonyl (C=O) groups excluding carboxylic acids is 2. The third kappa shape index (κ3) is 5.75. The number of hydrogen-bond acceptors (Lipinski definition) is 6. The fourth-order valence-corrected chi connectivity index (χ4v) is 6.35. The van der Waals surface area contributed by atoms with Crippen LogP contribution in [0, 0.1) is 6.92 Å². The molecule has 0 aliphatic carbocycles. The number of imidazole rings is 1. The number of fused-ring (bicyclic) bond motifs is 2. The monoisotopic (exact) mass is 527 g/mol. The minimum absolute atomic E-state index is 0.0145. The van der Waals surface area contributed by atoms with Crippen LogP contribution in [-0.4, -0.2) is 60.7 Å². The average molecular weight is 528 g/mol. The molecule has 2 heterocycles. The summed E-state index contributed by atoms with van der Waals surface area (Å²) in [5.41, 5.74) is 4.44. The van der Waals surface area contributed by atoms with Gasteiger partial charge in [-0.2, -0.15) is 0 Å². The molecule has 2 aromatic carbocycles. The lowest BCUT2D eigenvalue weighted by Crippen LogP contribution is -2.44. The minimum Gasteiger partial charge on any atom is -0.354 e. The van der Waals surface area contributed by atoms with E-state index in [2.05, 4.69) is 61.7 Å². The normalized spacial score (nSPS) is 14.8. The van der Waals surface area contributed by atoms with Gasteiger partial charge in [-0.1, -0.05) is 45.9 Å². The average Bonchev–Trinajstić information content (AvgIpc) is 3.26. The maximum absolute atomic E-state index is 12.5. The van der Waals surface area contributed by atoms with Crippen molar-refractivity contribution in [2.24, 2.45) is 7.05 Å². The van der Waals surface area contributed by atoms with Crippen LogP contribution in [0.1, 0.15) is 12.7 Å². The molecule has 1 atom stereocenters. The zero-order valence-electron chi connectivity index (χ0n) is 21.4. The molecule has 1 aliphatic heterocycles. The van der Waals surface area contributed by atoms with Crippen molar-refractivity contribution in [1.29, 1.82) is 0 Å². The number of carbonyl (C=O) groups is 2. The van der Waals surface area contributed by atoms with Gasteiger partial charge in [0.05, 0.1) is 31.1 Å². The quantitative estimate of drug-likeness (QED) is 0.227. The molecule has 8 nitrogen and oxygen atoms in total. The highest BCUT2D eigenvalue weighted by atomic mass is 33.1. The van der Waals surface area contributed by atoms with Crippen LogP contribution in [0.5, 0.6) is 0 Å². The smallest absolute Gasteiger partial charge is 0.262 e. The number of aryl methyl sites for hydroxylation is 1. The molecule has 1 aliphatic rings. The Morgan fingerprint density at radius 3 is 2.19 bits per heavy atom. The Labute approximate surface area is 220 Å². The van der Waals surface area contributed by atoms with Crippen molar-refractivity contribution in [2.45, 2.75) is 26.6 Å². The molecule has 2 amide bonds. The van der Waals surface area contributed by atoms with Crippen molar-refractivity contribution in [1.82, 2.24) is 15.2 Å². The van der Waals surface area contributed by atoms with Gasteiger partial charge in [0, 0.05) is 38.6 Å². The molecule has 192 valence electrons. The van der Waals surface area contributed by atoms with Crippen LogP contribution in [0.4, 0.5) is 11.4 Å². The van der Waals surface area contributed by atoms with Gasteiger partial charge in [-0.05, 0) is 31.2 Å². The number of aromatic nitrogens is 2. The highest BCUT2D eigenvalue weighted by molar-refractivity contribution is 8.76. The number of anilines is 2. The topological polar surface area (TPSA) is 73.5 Å². The lowest BCUT2D eigenvalue weighted by Gasteiger charge is -2.27. The summed E-state index contributed by atoms with van der Waals surface area (Å²) in [4.78, 5) is 29.3. The van der Waals surface area contributed by atoms with Crippen molar-refractivity contribution in [3.05, 3.63) is 54.4 Å². The number of nitrogens with one attached hydrogen (secondary N) is 2. The molecular weight excluding hydrogens is 492 g/mol. The highest BCUT2D eigenvalue weighted by Crippen LogP contribution is 2.37. The first-order valence-electron chi connectivity index (χ1n) is 12.2. The second-order valence-corrected chi connectivity index (χ2v) is 11.6. The van der Waals surface area contributed by atoms with Crippen LogP contribution in [0.2, 0.25) is 0 Å². The predicted octanol–water partition coefficient (Wildman–Crippen LogP) is 2.69. The summed E-state index contributed by atoms with van der Waals surface area (Å²) < 4.78 is 4.16. The van der Waals surface area contributed by atoms with E-state index in [1.165, 1.54) is 0 Å². The molecule has 0 spiro atoms. The lowest BCUT2D eigenvalue weighted by molar-refractivity contribution is -0.652. The van der Waals surface area contributed by atoms with Crippen molar-refractivity contribution >= 4 is 55.8 Å². The first-order valence-corrected chi connectivity index (χ1v) is 14.7. The van der Waals surface area contributed by atoms with Crippen LogP contribution in [0.3, 0.4) is 0 Å². The van der Waals surface area contributed by atoms with Crippen molar-refractivity contribution < 1.29 is 14.2 Å². The molecule has 0 fully saturated rings. The zero-order valence-corrected chi connectivity index (χ0v) is 23.0. The SMILES string of the molecule is Cc1n(CC(=O)NCCSSCCNC(=O)CN2c3ccccc3N(C)C2C)c2ccccc2[n+]1C. The van der Waals surface area contributed by atoms with Crippen LogP contribution < -0.4 is 25.0 Å². The van der Waals surface area contributed by atoms with Gasteiger partial charge in [-0.3, -0.25) is 9.59 Å². The van der Waals surface area contributed by atoms with E-state index in [1.54, 1.807) is 21.6 Å². The summed E-state index contributed by atoms with van der Waals surface area (Å²) in [5.74, 6) is 2.74. The second-order valence-electron chi connectivity index (χ2n) is 8.88. The van der Waals surface area contributed by atoms with E-state index in [0.29, 0.717) is 26.2 Å². The predicted molar refractivity (Wildman–Crippen MR) is 150 cm³/mol. The van der Waals surface area contributed by atoms with E-state index in [0.717, 1.165) is 39.7 Å². The van der Waals surface area contributed by atoms with Gasteiger partial charge in [0.1, 0.15) is 0 Å². The van der Waals surface area contributed by atoms with Gasteiger partial charge in [0.15, 0.2) is 17.6 Å². The molecule has 36 heavy (non-hydrogen) atoms. The van der Waals surface area contributed by atoms with Gasteiger partial charge < -0.3 is 20.4 Å². The lowest BCUT2D eigenvalue weighted by atomic mass is 10.2. The summed E-state index contributed by atoms with van der Waals surface area (Å²) in [6.45, 7) is 6.04. The number of amides is 2. The molecule has 0 saturated heterocycles. The fraction of sp³-hybridized carbons (Fsp3) is 0.423. The van der Waals surface area contributed by atoms with Crippen molar-refractivity contribution in [3.63, 3.8) is 0 Å². The van der Waals surface area contributed by atoms with E-state index >= 15 is 0 Å². The summed E-state index contributed by atoms with van der Waals surface area (Å²) >= 11 is 0. The van der Waals surface area contributed by atoms with Gasteiger partial charge in [0.2, 0.25) is 5.91 Å². The molecule has 0 bridgehead atoms. The standard InChI is InChI=1S/C26H34N6O2S2/c1-19-29(3)21-9-5-7-11-23(21)31(19)17-25(33)27-13-15-35-36-16-14-28-26(34)18-32-20(2)30(4)22-10-6-8-12-24(22)32/h5-12,19H,13-18H2,1-4H3,(H-,27,28,33,34)/p+1. The number of benzene rings is 2. The van der Waals surface area contributed by atoms with Gasteiger partial charge in [-0.15, -0.1) is 0 Å². The number of rotatable bonds is 11. The minimum atomic E-state index is 0.0145. The van der Waals surface area contributed by atoms with E-state index in [9.17, 15) is 9.59 Å². The van der Waals surface area contributed by atoms with E-state index in [-0.39, 0.29) is 18.0 Å². The molecule has 2 N–H and O–H groups in total. The molecule has 10 heteroatoms. The second kappa shape index (κ2) is 11.9. The first kappa shape index (κ1) is 26.2. The Morgan fingerprint density at radius 2 is 1.50 bits per heavy atom. The maximum Gasteiger partial charge on any atom is 0.262 e. The van der Waals surface area contributed by atoms with Gasteiger partial charge in [-0.25, -0.2) is 9.13 Å². The Bertz CT molecular complexity index is 1230. The molecule has 0 radical (unpaired) electrons. The van der Waals surface area contributed by atoms with Crippen LogP contribution in [-0.2, 0) is 23.2 Å². The number of para-hydroxylation sites is 4. The van der Waals surface area contributed by atoms with Gasteiger partial charge >= 0.3 is 0 Å². The highest BCUT2D eigenvalue weighted by Gasteiger charge is 2.31. The summed E-state index contributed by atoms with van der Waals surface area (Å²) in [7, 11) is 7.50. The third-order valence-corrected chi connectivity index (χ3v) is 9.12. The van der Waals surface area contributed by atoms with Crippen molar-refractivity contribution in [3.8, 4) is 0 Å². The summed E-state index contributed by atoms with van der Waals surface area (Å²) in [6.07, 6.45) is 0.149. The summed E-state index contributed by atoms with van der Waals surface area (Å²) in [6, 6.07) is 16.3. The maximum atomic E-state index is 12.5. The Morgan fingerprint density at radius 1 is 0.917 bits per heavy atom. The largest absolute Gasteiger partial charge is 0.354 e. The Kier molecular flexibility index (Phi) is 8.68. The Balaban J connectivity index is 1.09. The molecular formula is C26H35N6O2S2+. The van der Waals surface area contributed by atoms with E-state index < -0.39 is 0 Å². The van der Waals surface area contributed by atoms with E-state index in [4.69, 9.17) is 0 Å². The van der Waals surface area contributed by atoms with Crippen LogP contribution >= 0.6 is 21.6 Å². The van der Waals surface area contributed by atoms with Crippen molar-refractivity contribution in [2.75, 3.05) is 48.0 Å². The number of nitrogens with zero attached hydrogens (tertiary/aromatic N) is 4. The number of hydrogen-bond donors (Lipinski definition) is 2. The van der Waals surface area contributed by atoms with Crippen LogP contribution in [0.15, 0.2) is 48.5 Å². The van der Waals surface area contributed by atoms with Gasteiger partial charge in [0.25, 0.3) is 11.7 Å². The Hall–Kier alpha value is -2.85. The zero-order chi connectivity index (χ0) is 25.7. The molecule has 4 rings (SSSR count). The molecule has 0 saturated carbocycles.